The van der Waals surface area contributed by atoms with Crippen molar-refractivity contribution in [2.24, 2.45) is 0 Å². The Bertz CT molecular complexity index is 537. The van der Waals surface area contributed by atoms with Crippen molar-refractivity contribution in [1.29, 1.82) is 0 Å². The average Bonchev–Trinajstić information content (AvgIpc) is 2.83. The SMILES string of the molecule is Cc1nc2cc(NC3CSC(C)C3)ccc2o1. The van der Waals surface area contributed by atoms with Gasteiger partial charge in [-0.1, -0.05) is 6.92 Å². The predicted octanol–water partition coefficient (Wildman–Crippen LogP) is 3.44. The lowest BCUT2D eigenvalue weighted by atomic mass is 10.2. The fourth-order valence-corrected chi connectivity index (χ4v) is 3.43. The summed E-state index contributed by atoms with van der Waals surface area (Å²) >= 11 is 2.04. The molecular weight excluding hydrogens is 232 g/mol. The molecule has 1 N–H and O–H groups in total. The summed E-state index contributed by atoms with van der Waals surface area (Å²) in [5.74, 6) is 1.92. The van der Waals surface area contributed by atoms with Crippen LogP contribution < -0.4 is 5.32 Å². The number of fused-ring (bicyclic) bond motifs is 1. The van der Waals surface area contributed by atoms with Gasteiger partial charge in [-0.3, -0.25) is 0 Å². The summed E-state index contributed by atoms with van der Waals surface area (Å²) in [6, 6.07) is 6.71. The first kappa shape index (κ1) is 11.0. The van der Waals surface area contributed by atoms with Gasteiger partial charge in [-0.15, -0.1) is 0 Å². The Hall–Kier alpha value is -1.16. The maximum absolute atomic E-state index is 5.47. The molecule has 4 heteroatoms. The lowest BCUT2D eigenvalue weighted by molar-refractivity contribution is 0.561. The van der Waals surface area contributed by atoms with Crippen LogP contribution >= 0.6 is 11.8 Å². The summed E-state index contributed by atoms with van der Waals surface area (Å²) in [7, 11) is 0. The second kappa shape index (κ2) is 4.26. The van der Waals surface area contributed by atoms with Gasteiger partial charge in [0.1, 0.15) is 5.52 Å². The minimum atomic E-state index is 0.584. The molecule has 3 rings (SSSR count). The van der Waals surface area contributed by atoms with Crippen molar-refractivity contribution in [3.8, 4) is 0 Å². The molecule has 1 aromatic carbocycles. The number of hydrogen-bond acceptors (Lipinski definition) is 4. The van der Waals surface area contributed by atoms with Crippen molar-refractivity contribution in [3.63, 3.8) is 0 Å². The van der Waals surface area contributed by atoms with Crippen LogP contribution in [0.1, 0.15) is 19.2 Å². The molecule has 2 atom stereocenters. The minimum absolute atomic E-state index is 0.584. The summed E-state index contributed by atoms with van der Waals surface area (Å²) in [5, 5.41) is 4.34. The molecule has 1 aromatic heterocycles. The van der Waals surface area contributed by atoms with E-state index in [4.69, 9.17) is 4.42 Å². The zero-order valence-electron chi connectivity index (χ0n) is 10.1. The maximum Gasteiger partial charge on any atom is 0.192 e. The van der Waals surface area contributed by atoms with Gasteiger partial charge in [-0.2, -0.15) is 11.8 Å². The van der Waals surface area contributed by atoms with Crippen LogP contribution in [-0.2, 0) is 0 Å². The molecule has 0 bridgehead atoms. The Morgan fingerprint density at radius 1 is 1.47 bits per heavy atom. The Balaban J connectivity index is 1.80. The monoisotopic (exact) mass is 248 g/mol. The minimum Gasteiger partial charge on any atom is -0.441 e. The summed E-state index contributed by atoms with van der Waals surface area (Å²) in [4.78, 5) is 4.35. The quantitative estimate of drug-likeness (QED) is 0.883. The summed E-state index contributed by atoms with van der Waals surface area (Å²) in [6.45, 7) is 4.17. The van der Waals surface area contributed by atoms with Gasteiger partial charge in [-0.05, 0) is 24.6 Å². The first-order chi connectivity index (χ1) is 8.20. The number of nitrogens with one attached hydrogen (secondary N) is 1. The molecule has 1 aliphatic heterocycles. The number of benzene rings is 1. The molecule has 3 nitrogen and oxygen atoms in total. The van der Waals surface area contributed by atoms with Crippen LogP contribution in [0.2, 0.25) is 0 Å². The highest BCUT2D eigenvalue weighted by Gasteiger charge is 2.21. The largest absolute Gasteiger partial charge is 0.441 e. The number of aryl methyl sites for hydroxylation is 1. The van der Waals surface area contributed by atoms with E-state index in [9.17, 15) is 0 Å². The van der Waals surface area contributed by atoms with Crippen molar-refractivity contribution in [3.05, 3.63) is 24.1 Å². The second-order valence-electron chi connectivity index (χ2n) is 4.64. The van der Waals surface area contributed by atoms with E-state index < -0.39 is 0 Å². The highest BCUT2D eigenvalue weighted by atomic mass is 32.2. The number of thioether (sulfide) groups is 1. The molecular formula is C13H16N2OS. The van der Waals surface area contributed by atoms with Crippen molar-refractivity contribution >= 4 is 28.5 Å². The Kier molecular flexibility index (Phi) is 2.74. The maximum atomic E-state index is 5.47. The fraction of sp³-hybridized carbons (Fsp3) is 0.462. The lowest BCUT2D eigenvalue weighted by Gasteiger charge is -2.12. The number of aromatic nitrogens is 1. The number of nitrogens with zero attached hydrogens (tertiary/aromatic N) is 1. The molecule has 2 heterocycles. The fourth-order valence-electron chi connectivity index (χ4n) is 2.29. The van der Waals surface area contributed by atoms with Crippen molar-refractivity contribution in [2.75, 3.05) is 11.1 Å². The Morgan fingerprint density at radius 2 is 2.35 bits per heavy atom. The number of oxazole rings is 1. The van der Waals surface area contributed by atoms with E-state index in [1.54, 1.807) is 0 Å². The average molecular weight is 248 g/mol. The van der Waals surface area contributed by atoms with Crippen LogP contribution in [0.5, 0.6) is 0 Å². The van der Waals surface area contributed by atoms with Crippen LogP contribution in [-0.4, -0.2) is 22.0 Å². The van der Waals surface area contributed by atoms with E-state index in [1.165, 1.54) is 12.2 Å². The molecule has 1 saturated heterocycles. The first-order valence-corrected chi connectivity index (χ1v) is 7.01. The molecule has 0 aliphatic carbocycles. The molecule has 2 aromatic rings. The molecule has 1 fully saturated rings. The first-order valence-electron chi connectivity index (χ1n) is 5.96. The van der Waals surface area contributed by atoms with Gasteiger partial charge in [0.2, 0.25) is 0 Å². The topological polar surface area (TPSA) is 38.1 Å². The zero-order valence-corrected chi connectivity index (χ0v) is 10.9. The van der Waals surface area contributed by atoms with Crippen molar-refractivity contribution in [1.82, 2.24) is 4.98 Å². The third-order valence-corrected chi connectivity index (χ3v) is 4.42. The molecule has 0 saturated carbocycles. The van der Waals surface area contributed by atoms with Crippen molar-refractivity contribution < 1.29 is 4.42 Å². The molecule has 90 valence electrons. The standard InChI is InChI=1S/C13H16N2OS/c1-8-5-11(7-17-8)15-10-3-4-13-12(6-10)14-9(2)16-13/h3-4,6,8,11,15H,5,7H2,1-2H3. The van der Waals surface area contributed by atoms with Crippen molar-refractivity contribution in [2.45, 2.75) is 31.6 Å². The van der Waals surface area contributed by atoms with Crippen LogP contribution in [0.3, 0.4) is 0 Å². The number of hydrogen-bond donors (Lipinski definition) is 1. The number of rotatable bonds is 2. The van der Waals surface area contributed by atoms with E-state index in [-0.39, 0.29) is 0 Å². The molecule has 0 amide bonds. The summed E-state index contributed by atoms with van der Waals surface area (Å²) in [6.07, 6.45) is 1.24. The van der Waals surface area contributed by atoms with E-state index in [0.29, 0.717) is 6.04 Å². The molecule has 2 unspecified atom stereocenters. The van der Waals surface area contributed by atoms with E-state index in [0.717, 1.165) is 27.9 Å². The van der Waals surface area contributed by atoms with Crippen LogP contribution in [0.15, 0.2) is 22.6 Å². The molecule has 17 heavy (non-hydrogen) atoms. The van der Waals surface area contributed by atoms with Crippen LogP contribution in [0.25, 0.3) is 11.1 Å². The molecule has 0 radical (unpaired) electrons. The second-order valence-corrected chi connectivity index (χ2v) is 6.11. The summed E-state index contributed by atoms with van der Waals surface area (Å²) < 4.78 is 5.47. The van der Waals surface area contributed by atoms with Gasteiger partial charge in [0.15, 0.2) is 11.5 Å². The van der Waals surface area contributed by atoms with Gasteiger partial charge in [0.25, 0.3) is 0 Å². The van der Waals surface area contributed by atoms with Gasteiger partial charge in [0.05, 0.1) is 0 Å². The lowest BCUT2D eigenvalue weighted by Crippen LogP contribution is -2.18. The predicted molar refractivity (Wildman–Crippen MR) is 72.7 cm³/mol. The number of anilines is 1. The molecule has 1 aliphatic rings. The van der Waals surface area contributed by atoms with E-state index in [1.807, 2.05) is 24.8 Å². The van der Waals surface area contributed by atoms with Gasteiger partial charge in [0, 0.05) is 29.7 Å². The smallest absolute Gasteiger partial charge is 0.192 e. The van der Waals surface area contributed by atoms with Crippen LogP contribution in [0.4, 0.5) is 5.69 Å². The highest BCUT2D eigenvalue weighted by Crippen LogP contribution is 2.29. The summed E-state index contributed by atoms with van der Waals surface area (Å²) in [5.41, 5.74) is 2.94. The van der Waals surface area contributed by atoms with Gasteiger partial charge >= 0.3 is 0 Å². The molecule has 0 spiro atoms. The third-order valence-electron chi connectivity index (χ3n) is 3.06. The van der Waals surface area contributed by atoms with E-state index >= 15 is 0 Å². The Labute approximate surface area is 105 Å². The highest BCUT2D eigenvalue weighted by molar-refractivity contribution is 8.00. The van der Waals surface area contributed by atoms with E-state index in [2.05, 4.69) is 29.4 Å². The van der Waals surface area contributed by atoms with Crippen LogP contribution in [0, 0.1) is 6.92 Å². The Morgan fingerprint density at radius 3 is 3.12 bits per heavy atom. The zero-order chi connectivity index (χ0) is 11.8. The third kappa shape index (κ3) is 2.27. The van der Waals surface area contributed by atoms with Gasteiger partial charge in [-0.25, -0.2) is 4.98 Å². The van der Waals surface area contributed by atoms with Gasteiger partial charge < -0.3 is 9.73 Å². The normalized spacial score (nSPS) is 24.4.